The van der Waals surface area contributed by atoms with Gasteiger partial charge in [0.1, 0.15) is 0 Å². The summed E-state index contributed by atoms with van der Waals surface area (Å²) in [6, 6.07) is 27.3. The molecule has 1 aromatic heterocycles. The lowest BCUT2D eigenvalue weighted by molar-refractivity contribution is 0.906. The van der Waals surface area contributed by atoms with E-state index in [2.05, 4.69) is 91.5 Å². The molecule has 27 heavy (non-hydrogen) atoms. The number of nitrogens with zero attached hydrogens (tertiary/aromatic N) is 2. The summed E-state index contributed by atoms with van der Waals surface area (Å²) < 4.78 is 3.18. The van der Waals surface area contributed by atoms with Gasteiger partial charge >= 0.3 is 0 Å². The number of aromatic nitrogens is 2. The van der Waals surface area contributed by atoms with Crippen LogP contribution in [0, 0.1) is 0 Å². The Hall–Kier alpha value is -2.85. The van der Waals surface area contributed by atoms with E-state index in [9.17, 15) is 0 Å². The predicted molar refractivity (Wildman–Crippen MR) is 116 cm³/mol. The molecule has 0 fully saturated rings. The van der Waals surface area contributed by atoms with E-state index in [-0.39, 0.29) is 0 Å². The van der Waals surface area contributed by atoms with Crippen molar-refractivity contribution in [3.8, 4) is 22.4 Å². The maximum atomic E-state index is 4.55. The highest BCUT2D eigenvalue weighted by Crippen LogP contribution is 2.26. The molecule has 1 heterocycles. The Morgan fingerprint density at radius 1 is 0.852 bits per heavy atom. The minimum Gasteiger partial charge on any atom is -0.352 e. The van der Waals surface area contributed by atoms with Gasteiger partial charge in [0.15, 0.2) is 0 Å². The third-order valence-corrected chi connectivity index (χ3v) is 5.11. The van der Waals surface area contributed by atoms with E-state index in [1.54, 1.807) is 0 Å². The molecule has 3 aromatic carbocycles. The fourth-order valence-corrected chi connectivity index (χ4v) is 3.58. The fraction of sp³-hybridized carbons (Fsp3) is 0.0870. The zero-order valence-electron chi connectivity index (χ0n) is 15.1. The smallest absolute Gasteiger partial charge is 0.203 e. The lowest BCUT2D eigenvalue weighted by Crippen LogP contribution is -2.05. The van der Waals surface area contributed by atoms with E-state index in [0.29, 0.717) is 0 Å². The third-order valence-electron chi connectivity index (χ3n) is 4.62. The second-order valence-electron chi connectivity index (χ2n) is 6.45. The molecule has 134 valence electrons. The van der Waals surface area contributed by atoms with Gasteiger partial charge in [-0.25, -0.2) is 4.98 Å². The van der Waals surface area contributed by atoms with Crippen molar-refractivity contribution in [3.05, 3.63) is 95.1 Å². The van der Waals surface area contributed by atoms with Crippen LogP contribution in [0.15, 0.2) is 89.5 Å². The largest absolute Gasteiger partial charge is 0.352 e. The number of imidazole rings is 1. The second kappa shape index (κ2) is 7.80. The first-order valence-electron chi connectivity index (χ1n) is 8.86. The van der Waals surface area contributed by atoms with E-state index < -0.39 is 0 Å². The standard InChI is InChI=1S/C23H20BrN3/c1-27-22(16-26-23(27)25-15-17-6-5-9-21(24)14-17)20-12-10-19(11-13-20)18-7-3-2-4-8-18/h2-14,16H,15H2,1H3,(H,25,26). The number of hydrogen-bond acceptors (Lipinski definition) is 2. The molecule has 0 bridgehead atoms. The second-order valence-corrected chi connectivity index (χ2v) is 7.37. The van der Waals surface area contributed by atoms with Crippen LogP contribution in [-0.4, -0.2) is 9.55 Å². The normalized spacial score (nSPS) is 10.7. The molecule has 4 aromatic rings. The summed E-state index contributed by atoms with van der Waals surface area (Å²) in [5.41, 5.74) is 5.90. The summed E-state index contributed by atoms with van der Waals surface area (Å²) >= 11 is 3.51. The first kappa shape index (κ1) is 17.6. The van der Waals surface area contributed by atoms with Crippen LogP contribution in [0.4, 0.5) is 5.95 Å². The van der Waals surface area contributed by atoms with Crippen molar-refractivity contribution in [3.63, 3.8) is 0 Å². The topological polar surface area (TPSA) is 29.9 Å². The van der Waals surface area contributed by atoms with Crippen molar-refractivity contribution in [1.82, 2.24) is 9.55 Å². The van der Waals surface area contributed by atoms with Crippen LogP contribution < -0.4 is 5.32 Å². The lowest BCUT2D eigenvalue weighted by atomic mass is 10.0. The van der Waals surface area contributed by atoms with E-state index in [4.69, 9.17) is 0 Å². The molecule has 0 saturated carbocycles. The van der Waals surface area contributed by atoms with Crippen molar-refractivity contribution < 1.29 is 0 Å². The monoisotopic (exact) mass is 417 g/mol. The molecule has 0 radical (unpaired) electrons. The molecule has 0 spiro atoms. The first-order chi connectivity index (χ1) is 13.2. The average molecular weight is 418 g/mol. The molecule has 0 saturated heterocycles. The number of halogens is 1. The molecule has 0 unspecified atom stereocenters. The zero-order valence-corrected chi connectivity index (χ0v) is 16.6. The summed E-state index contributed by atoms with van der Waals surface area (Å²) in [5, 5.41) is 3.41. The zero-order chi connectivity index (χ0) is 18.6. The van der Waals surface area contributed by atoms with Crippen molar-refractivity contribution in [1.29, 1.82) is 0 Å². The van der Waals surface area contributed by atoms with E-state index in [0.717, 1.165) is 28.2 Å². The van der Waals surface area contributed by atoms with Crippen molar-refractivity contribution in [2.75, 3.05) is 5.32 Å². The molecule has 0 aliphatic carbocycles. The van der Waals surface area contributed by atoms with E-state index in [1.807, 2.05) is 31.4 Å². The quantitative estimate of drug-likeness (QED) is 0.423. The van der Waals surface area contributed by atoms with Gasteiger partial charge in [0.25, 0.3) is 0 Å². The molecule has 0 amide bonds. The molecule has 0 aliphatic rings. The summed E-state index contributed by atoms with van der Waals surface area (Å²) in [5.74, 6) is 0.858. The van der Waals surface area contributed by atoms with Gasteiger partial charge in [0, 0.05) is 18.1 Å². The molecule has 0 aliphatic heterocycles. The Kier molecular flexibility index (Phi) is 5.07. The third kappa shape index (κ3) is 3.96. The van der Waals surface area contributed by atoms with Crippen LogP contribution in [0.25, 0.3) is 22.4 Å². The van der Waals surface area contributed by atoms with E-state index >= 15 is 0 Å². The molecular weight excluding hydrogens is 398 g/mol. The molecule has 1 N–H and O–H groups in total. The molecule has 4 rings (SSSR count). The summed E-state index contributed by atoms with van der Waals surface area (Å²) in [4.78, 5) is 4.55. The lowest BCUT2D eigenvalue weighted by Gasteiger charge is -2.09. The minimum atomic E-state index is 0.733. The molecule has 4 heteroatoms. The van der Waals surface area contributed by atoms with Gasteiger partial charge in [-0.05, 0) is 34.4 Å². The number of benzene rings is 3. The predicted octanol–water partition coefficient (Wildman–Crippen LogP) is 6.13. The first-order valence-corrected chi connectivity index (χ1v) is 9.66. The number of rotatable bonds is 5. The van der Waals surface area contributed by atoms with Crippen LogP contribution in [0.1, 0.15) is 5.56 Å². The van der Waals surface area contributed by atoms with Crippen LogP contribution in [0.3, 0.4) is 0 Å². The summed E-state index contributed by atoms with van der Waals surface area (Å²) in [7, 11) is 2.04. The molecular formula is C23H20BrN3. The van der Waals surface area contributed by atoms with Gasteiger partial charge in [-0.15, -0.1) is 0 Å². The van der Waals surface area contributed by atoms with E-state index in [1.165, 1.54) is 16.7 Å². The Bertz CT molecular complexity index is 1040. The molecule has 3 nitrogen and oxygen atoms in total. The summed E-state index contributed by atoms with van der Waals surface area (Å²) in [6.07, 6.45) is 1.92. The highest BCUT2D eigenvalue weighted by atomic mass is 79.9. The van der Waals surface area contributed by atoms with Gasteiger partial charge in [-0.3, -0.25) is 0 Å². The Balaban J connectivity index is 1.51. The van der Waals surface area contributed by atoms with Gasteiger partial charge in [-0.1, -0.05) is 82.7 Å². The van der Waals surface area contributed by atoms with Crippen molar-refractivity contribution >= 4 is 21.9 Å². The number of anilines is 1. The maximum absolute atomic E-state index is 4.55. The van der Waals surface area contributed by atoms with Crippen molar-refractivity contribution in [2.45, 2.75) is 6.54 Å². The highest BCUT2D eigenvalue weighted by Gasteiger charge is 2.09. The van der Waals surface area contributed by atoms with Gasteiger partial charge in [0.2, 0.25) is 5.95 Å². The Labute approximate surface area is 167 Å². The maximum Gasteiger partial charge on any atom is 0.203 e. The van der Waals surface area contributed by atoms with Crippen molar-refractivity contribution in [2.24, 2.45) is 7.05 Å². The van der Waals surface area contributed by atoms with Gasteiger partial charge in [0.05, 0.1) is 11.9 Å². The van der Waals surface area contributed by atoms with Crippen LogP contribution in [-0.2, 0) is 13.6 Å². The van der Waals surface area contributed by atoms with Crippen LogP contribution >= 0.6 is 15.9 Å². The van der Waals surface area contributed by atoms with Crippen LogP contribution in [0.5, 0.6) is 0 Å². The average Bonchev–Trinajstić information content (AvgIpc) is 3.08. The fourth-order valence-electron chi connectivity index (χ4n) is 3.13. The number of nitrogens with one attached hydrogen (secondary N) is 1. The number of hydrogen-bond donors (Lipinski definition) is 1. The SMILES string of the molecule is Cn1c(-c2ccc(-c3ccccc3)cc2)cnc1NCc1cccc(Br)c1. The van der Waals surface area contributed by atoms with Gasteiger partial charge < -0.3 is 9.88 Å². The van der Waals surface area contributed by atoms with Crippen LogP contribution in [0.2, 0.25) is 0 Å². The summed E-state index contributed by atoms with van der Waals surface area (Å²) in [6.45, 7) is 0.733. The Morgan fingerprint density at radius 3 is 2.30 bits per heavy atom. The van der Waals surface area contributed by atoms with Gasteiger partial charge in [-0.2, -0.15) is 0 Å². The molecule has 0 atom stereocenters. The Morgan fingerprint density at radius 2 is 1.56 bits per heavy atom. The highest BCUT2D eigenvalue weighted by molar-refractivity contribution is 9.10. The minimum absolute atomic E-state index is 0.733.